The number of carbonyl (C=O) groups is 1. The molecule has 30 heavy (non-hydrogen) atoms. The van der Waals surface area contributed by atoms with Crippen LogP contribution >= 0.6 is 0 Å². The Morgan fingerprint density at radius 1 is 1.10 bits per heavy atom. The van der Waals surface area contributed by atoms with Gasteiger partial charge in [0.05, 0.1) is 11.9 Å². The molecule has 2 aromatic rings. The number of nitrogens with one attached hydrogen (secondary N) is 1. The molecule has 1 heterocycles. The standard InChI is InChI=1S/C23H31N3O3S/c1-5-25(6-2)16-19-9-7-18(8-10-19)15-24-23(27)20-11-12-22-21(14-20)13-17(3)26(22)30(4,28)29/h7-12,14,17H,5-6,13,15-16H2,1-4H3,(H,24,27)/t17-/m1/s1. The number of fused-ring (bicyclic) bond motifs is 1. The maximum Gasteiger partial charge on any atom is 0.251 e. The lowest BCUT2D eigenvalue weighted by Gasteiger charge is -2.21. The zero-order valence-electron chi connectivity index (χ0n) is 18.2. The highest BCUT2D eigenvalue weighted by atomic mass is 32.2. The van der Waals surface area contributed by atoms with Gasteiger partial charge in [-0.3, -0.25) is 14.0 Å². The summed E-state index contributed by atoms with van der Waals surface area (Å²) in [5.74, 6) is -0.157. The third-order valence-corrected chi connectivity index (χ3v) is 6.90. The minimum atomic E-state index is -3.33. The van der Waals surface area contributed by atoms with E-state index in [1.165, 1.54) is 16.1 Å². The Hall–Kier alpha value is -2.38. The highest BCUT2D eigenvalue weighted by molar-refractivity contribution is 7.92. The van der Waals surface area contributed by atoms with Gasteiger partial charge >= 0.3 is 0 Å². The largest absolute Gasteiger partial charge is 0.348 e. The van der Waals surface area contributed by atoms with Crippen molar-refractivity contribution in [1.82, 2.24) is 10.2 Å². The number of amides is 1. The molecule has 2 aromatic carbocycles. The Morgan fingerprint density at radius 3 is 2.33 bits per heavy atom. The second-order valence-electron chi connectivity index (χ2n) is 7.92. The predicted octanol–water partition coefficient (Wildman–Crippen LogP) is 3.17. The lowest BCUT2D eigenvalue weighted by atomic mass is 10.1. The molecule has 0 unspecified atom stereocenters. The van der Waals surface area contributed by atoms with Gasteiger partial charge < -0.3 is 5.32 Å². The van der Waals surface area contributed by atoms with Crippen LogP contribution in [0.15, 0.2) is 42.5 Å². The first-order valence-electron chi connectivity index (χ1n) is 10.4. The van der Waals surface area contributed by atoms with Crippen LogP contribution in [0, 0.1) is 0 Å². The van der Waals surface area contributed by atoms with Crippen molar-refractivity contribution >= 4 is 21.6 Å². The Balaban J connectivity index is 1.63. The van der Waals surface area contributed by atoms with Crippen LogP contribution in [0.4, 0.5) is 5.69 Å². The maximum absolute atomic E-state index is 12.6. The Labute approximate surface area is 179 Å². The van der Waals surface area contributed by atoms with Crippen molar-refractivity contribution in [2.75, 3.05) is 23.7 Å². The van der Waals surface area contributed by atoms with E-state index in [2.05, 4.69) is 36.2 Å². The van der Waals surface area contributed by atoms with E-state index in [4.69, 9.17) is 0 Å². The van der Waals surface area contributed by atoms with Crippen molar-refractivity contribution in [3.05, 3.63) is 64.7 Å². The van der Waals surface area contributed by atoms with Gasteiger partial charge in [0.15, 0.2) is 0 Å². The highest BCUT2D eigenvalue weighted by Crippen LogP contribution is 2.34. The van der Waals surface area contributed by atoms with Crippen LogP contribution in [0.5, 0.6) is 0 Å². The van der Waals surface area contributed by atoms with E-state index in [0.29, 0.717) is 24.2 Å². The first-order chi connectivity index (χ1) is 14.2. The molecular formula is C23H31N3O3S. The molecule has 1 N–H and O–H groups in total. The molecule has 0 aliphatic carbocycles. The average molecular weight is 430 g/mol. The Kier molecular flexibility index (Phi) is 6.83. The molecule has 0 fully saturated rings. The number of hydrogen-bond acceptors (Lipinski definition) is 4. The first kappa shape index (κ1) is 22.3. The van der Waals surface area contributed by atoms with Crippen molar-refractivity contribution < 1.29 is 13.2 Å². The second-order valence-corrected chi connectivity index (χ2v) is 9.78. The summed E-state index contributed by atoms with van der Waals surface area (Å²) in [6.45, 7) is 9.62. The van der Waals surface area contributed by atoms with Crippen LogP contribution in [0.2, 0.25) is 0 Å². The molecule has 0 radical (unpaired) electrons. The molecule has 0 saturated carbocycles. The number of rotatable bonds is 8. The van der Waals surface area contributed by atoms with Crippen molar-refractivity contribution in [1.29, 1.82) is 0 Å². The quantitative estimate of drug-likeness (QED) is 0.700. The predicted molar refractivity (Wildman–Crippen MR) is 121 cm³/mol. The van der Waals surface area contributed by atoms with Gasteiger partial charge in [-0.05, 0) is 61.3 Å². The summed E-state index contributed by atoms with van der Waals surface area (Å²) >= 11 is 0. The van der Waals surface area contributed by atoms with Crippen molar-refractivity contribution in [2.24, 2.45) is 0 Å². The van der Waals surface area contributed by atoms with E-state index < -0.39 is 10.0 Å². The highest BCUT2D eigenvalue weighted by Gasteiger charge is 2.32. The summed E-state index contributed by atoms with van der Waals surface area (Å²) in [6, 6.07) is 13.4. The molecule has 6 nitrogen and oxygen atoms in total. The molecular weight excluding hydrogens is 398 g/mol. The molecule has 0 bridgehead atoms. The topological polar surface area (TPSA) is 69.7 Å². The molecule has 0 spiro atoms. The molecule has 0 saturated heterocycles. The molecule has 1 amide bonds. The molecule has 3 rings (SSSR count). The summed E-state index contributed by atoms with van der Waals surface area (Å²) < 4.78 is 25.5. The van der Waals surface area contributed by atoms with Gasteiger partial charge in [-0.2, -0.15) is 0 Å². The fourth-order valence-electron chi connectivity index (χ4n) is 4.00. The number of hydrogen-bond donors (Lipinski definition) is 1. The van der Waals surface area contributed by atoms with Crippen LogP contribution in [-0.4, -0.2) is 44.6 Å². The van der Waals surface area contributed by atoms with Gasteiger partial charge in [0.2, 0.25) is 10.0 Å². The fraction of sp³-hybridized carbons (Fsp3) is 0.435. The molecule has 162 valence electrons. The van der Waals surface area contributed by atoms with Crippen molar-refractivity contribution in [2.45, 2.75) is 46.3 Å². The summed E-state index contributed by atoms with van der Waals surface area (Å²) in [5, 5.41) is 2.96. The van der Waals surface area contributed by atoms with E-state index in [9.17, 15) is 13.2 Å². The molecule has 0 aromatic heterocycles. The number of anilines is 1. The van der Waals surface area contributed by atoms with E-state index in [1.807, 2.05) is 19.1 Å². The van der Waals surface area contributed by atoms with E-state index in [-0.39, 0.29) is 11.9 Å². The lowest BCUT2D eigenvalue weighted by molar-refractivity contribution is 0.0951. The summed E-state index contributed by atoms with van der Waals surface area (Å²) in [7, 11) is -3.33. The van der Waals surface area contributed by atoms with Crippen molar-refractivity contribution in [3.8, 4) is 0 Å². The van der Waals surface area contributed by atoms with Crippen LogP contribution in [0.1, 0.15) is 47.8 Å². The summed E-state index contributed by atoms with van der Waals surface area (Å²) in [4.78, 5) is 15.0. The number of benzene rings is 2. The van der Waals surface area contributed by atoms with Gasteiger partial charge in [0.1, 0.15) is 0 Å². The smallest absolute Gasteiger partial charge is 0.251 e. The SMILES string of the molecule is CCN(CC)Cc1ccc(CNC(=O)c2ccc3c(c2)C[C@@H](C)N3S(C)(=O)=O)cc1. The third-order valence-electron chi connectivity index (χ3n) is 5.63. The minimum absolute atomic E-state index is 0.136. The number of carbonyl (C=O) groups excluding carboxylic acids is 1. The van der Waals surface area contributed by atoms with Gasteiger partial charge in [0.25, 0.3) is 5.91 Å². The monoisotopic (exact) mass is 429 g/mol. The van der Waals surface area contributed by atoms with Crippen LogP contribution < -0.4 is 9.62 Å². The van der Waals surface area contributed by atoms with Crippen molar-refractivity contribution in [3.63, 3.8) is 0 Å². The van der Waals surface area contributed by atoms with Crippen LogP contribution in [0.3, 0.4) is 0 Å². The van der Waals surface area contributed by atoms with E-state index >= 15 is 0 Å². The maximum atomic E-state index is 12.6. The average Bonchev–Trinajstić information content (AvgIpc) is 3.06. The Morgan fingerprint density at radius 2 is 1.73 bits per heavy atom. The van der Waals surface area contributed by atoms with Gasteiger partial charge in [0, 0.05) is 24.7 Å². The van der Waals surface area contributed by atoms with E-state index in [1.54, 1.807) is 18.2 Å². The third kappa shape index (κ3) is 5.02. The van der Waals surface area contributed by atoms with E-state index in [0.717, 1.165) is 30.8 Å². The molecule has 7 heteroatoms. The normalized spacial score (nSPS) is 16.0. The van der Waals surface area contributed by atoms with Crippen LogP contribution in [0.25, 0.3) is 0 Å². The second kappa shape index (κ2) is 9.18. The summed E-state index contributed by atoms with van der Waals surface area (Å²) in [5.41, 5.74) is 4.42. The first-order valence-corrected chi connectivity index (χ1v) is 12.3. The summed E-state index contributed by atoms with van der Waals surface area (Å²) in [6.07, 6.45) is 1.82. The van der Waals surface area contributed by atoms with Crippen LogP contribution in [-0.2, 0) is 29.5 Å². The van der Waals surface area contributed by atoms with Gasteiger partial charge in [-0.15, -0.1) is 0 Å². The minimum Gasteiger partial charge on any atom is -0.348 e. The van der Waals surface area contributed by atoms with Gasteiger partial charge in [-0.1, -0.05) is 38.1 Å². The zero-order chi connectivity index (χ0) is 21.9. The molecule has 1 aliphatic heterocycles. The lowest BCUT2D eigenvalue weighted by Crippen LogP contribution is -2.34. The number of nitrogens with zero attached hydrogens (tertiary/aromatic N) is 2. The Bertz CT molecular complexity index is 999. The molecule has 1 aliphatic rings. The fourth-order valence-corrected chi connectivity index (χ4v) is 5.27. The van der Waals surface area contributed by atoms with Gasteiger partial charge in [-0.25, -0.2) is 8.42 Å². The molecule has 1 atom stereocenters. The number of sulfonamides is 1. The zero-order valence-corrected chi connectivity index (χ0v) is 19.0.